The lowest BCUT2D eigenvalue weighted by atomic mass is 10.1. The summed E-state index contributed by atoms with van der Waals surface area (Å²) in [5.74, 6) is 0. The van der Waals surface area contributed by atoms with Gasteiger partial charge in [0, 0.05) is 26.2 Å². The lowest BCUT2D eigenvalue weighted by Crippen LogP contribution is -2.45. The third kappa shape index (κ3) is 4.45. The fourth-order valence-electron chi connectivity index (χ4n) is 2.50. The Kier molecular flexibility index (Phi) is 5.79. The first kappa shape index (κ1) is 16.8. The minimum Gasteiger partial charge on any atom is -0.337 e. The fraction of sp³-hybridized carbons (Fsp3) is 0.533. The summed E-state index contributed by atoms with van der Waals surface area (Å²) in [5.41, 5.74) is 0.701. The summed E-state index contributed by atoms with van der Waals surface area (Å²) < 4.78 is 26.8. The summed E-state index contributed by atoms with van der Waals surface area (Å²) in [4.78, 5) is 13.9. The average molecular weight is 325 g/mol. The van der Waals surface area contributed by atoms with E-state index in [1.165, 1.54) is 6.42 Å². The number of piperidine rings is 1. The van der Waals surface area contributed by atoms with E-state index in [0.29, 0.717) is 5.56 Å². The Bertz CT molecular complexity index is 610. The van der Waals surface area contributed by atoms with Crippen LogP contribution in [0.3, 0.4) is 0 Å². The lowest BCUT2D eigenvalue weighted by Gasteiger charge is -2.26. The summed E-state index contributed by atoms with van der Waals surface area (Å²) in [6.07, 6.45) is 3.24. The van der Waals surface area contributed by atoms with Crippen molar-refractivity contribution in [2.45, 2.75) is 31.1 Å². The van der Waals surface area contributed by atoms with Crippen molar-refractivity contribution in [3.05, 3.63) is 29.8 Å². The Balaban J connectivity index is 1.78. The van der Waals surface area contributed by atoms with Gasteiger partial charge in [-0.15, -0.1) is 0 Å². The first-order valence-electron chi connectivity index (χ1n) is 7.59. The van der Waals surface area contributed by atoms with Crippen molar-refractivity contribution in [1.29, 1.82) is 0 Å². The summed E-state index contributed by atoms with van der Waals surface area (Å²) >= 11 is 0. The molecule has 7 heteroatoms. The van der Waals surface area contributed by atoms with Crippen LogP contribution in [0.1, 0.15) is 24.8 Å². The molecule has 1 heterocycles. The highest BCUT2D eigenvalue weighted by molar-refractivity contribution is 7.89. The summed E-state index contributed by atoms with van der Waals surface area (Å²) in [6.45, 7) is 3.77. The number of nitrogens with one attached hydrogen (secondary N) is 2. The normalized spacial score (nSPS) is 15.6. The number of carbonyl (C=O) groups is 1. The van der Waals surface area contributed by atoms with Crippen molar-refractivity contribution in [1.82, 2.24) is 14.9 Å². The standard InChI is InChI=1S/C15H23N3O3S/c1-13-7-3-4-8-14(13)22(20,21)17-10-9-16-15(19)18-11-5-2-6-12-18/h3-4,7-8,17H,2,5-6,9-12H2,1H3,(H,16,19). The molecule has 2 N–H and O–H groups in total. The number of benzene rings is 1. The van der Waals surface area contributed by atoms with Gasteiger partial charge in [0.1, 0.15) is 0 Å². The van der Waals surface area contributed by atoms with Gasteiger partial charge in [-0.2, -0.15) is 0 Å². The number of hydrogen-bond donors (Lipinski definition) is 2. The molecule has 0 aliphatic carbocycles. The van der Waals surface area contributed by atoms with Crippen LogP contribution in [0, 0.1) is 6.92 Å². The topological polar surface area (TPSA) is 78.5 Å². The molecule has 1 fully saturated rings. The first-order valence-corrected chi connectivity index (χ1v) is 9.07. The van der Waals surface area contributed by atoms with E-state index in [9.17, 15) is 13.2 Å². The molecule has 0 saturated carbocycles. The second-order valence-electron chi connectivity index (χ2n) is 5.44. The summed E-state index contributed by atoms with van der Waals surface area (Å²) in [6, 6.07) is 6.71. The number of hydrogen-bond acceptors (Lipinski definition) is 3. The predicted octanol–water partition coefficient (Wildman–Crippen LogP) is 1.47. The van der Waals surface area contributed by atoms with Crippen LogP contribution in [-0.2, 0) is 10.0 Å². The first-order chi connectivity index (χ1) is 10.5. The fourth-order valence-corrected chi connectivity index (χ4v) is 3.78. The molecule has 6 nitrogen and oxygen atoms in total. The highest BCUT2D eigenvalue weighted by atomic mass is 32.2. The SMILES string of the molecule is Cc1ccccc1S(=O)(=O)NCCNC(=O)N1CCCCC1. The van der Waals surface area contributed by atoms with E-state index in [4.69, 9.17) is 0 Å². The van der Waals surface area contributed by atoms with Crippen molar-refractivity contribution in [3.8, 4) is 0 Å². The quantitative estimate of drug-likeness (QED) is 0.805. The van der Waals surface area contributed by atoms with E-state index in [1.807, 2.05) is 0 Å². The number of likely N-dealkylation sites (tertiary alicyclic amines) is 1. The van der Waals surface area contributed by atoms with Gasteiger partial charge in [0.15, 0.2) is 0 Å². The predicted molar refractivity (Wildman–Crippen MR) is 85.2 cm³/mol. The van der Waals surface area contributed by atoms with Gasteiger partial charge in [0.05, 0.1) is 4.90 Å². The van der Waals surface area contributed by atoms with Gasteiger partial charge in [-0.25, -0.2) is 17.9 Å². The van der Waals surface area contributed by atoms with Crippen LogP contribution in [-0.4, -0.2) is 45.5 Å². The number of sulfonamides is 1. The molecule has 0 unspecified atom stereocenters. The molecule has 0 atom stereocenters. The smallest absolute Gasteiger partial charge is 0.317 e. The van der Waals surface area contributed by atoms with Gasteiger partial charge in [-0.3, -0.25) is 0 Å². The van der Waals surface area contributed by atoms with E-state index in [2.05, 4.69) is 10.0 Å². The van der Waals surface area contributed by atoms with Gasteiger partial charge >= 0.3 is 6.03 Å². The minimum absolute atomic E-state index is 0.116. The molecule has 1 saturated heterocycles. The van der Waals surface area contributed by atoms with E-state index >= 15 is 0 Å². The maximum atomic E-state index is 12.2. The maximum Gasteiger partial charge on any atom is 0.317 e. The maximum absolute atomic E-state index is 12.2. The van der Waals surface area contributed by atoms with Crippen LogP contribution in [0.5, 0.6) is 0 Å². The minimum atomic E-state index is -3.53. The Hall–Kier alpha value is -1.60. The van der Waals surface area contributed by atoms with Crippen LogP contribution in [0.15, 0.2) is 29.2 Å². The molecule has 2 rings (SSSR count). The van der Waals surface area contributed by atoms with Crippen molar-refractivity contribution in [2.24, 2.45) is 0 Å². The van der Waals surface area contributed by atoms with Gasteiger partial charge in [0.2, 0.25) is 10.0 Å². The zero-order chi connectivity index (χ0) is 16.0. The summed E-state index contributed by atoms with van der Waals surface area (Å²) in [5, 5.41) is 2.75. The Morgan fingerprint density at radius 3 is 2.50 bits per heavy atom. The van der Waals surface area contributed by atoms with Crippen molar-refractivity contribution in [3.63, 3.8) is 0 Å². The second-order valence-corrected chi connectivity index (χ2v) is 7.18. The molecule has 0 aromatic heterocycles. The molecule has 1 aromatic carbocycles. The number of rotatable bonds is 5. The molecule has 2 amide bonds. The number of aryl methyl sites for hydroxylation is 1. The molecule has 1 aliphatic rings. The molecule has 1 aliphatic heterocycles. The third-order valence-electron chi connectivity index (χ3n) is 3.72. The average Bonchev–Trinajstić information content (AvgIpc) is 2.52. The zero-order valence-electron chi connectivity index (χ0n) is 12.8. The van der Waals surface area contributed by atoms with Gasteiger partial charge in [0.25, 0.3) is 0 Å². The molecule has 0 spiro atoms. The molecule has 0 bridgehead atoms. The molecule has 122 valence electrons. The number of urea groups is 1. The van der Waals surface area contributed by atoms with E-state index in [0.717, 1.165) is 25.9 Å². The Labute approximate surface area is 131 Å². The molecule has 22 heavy (non-hydrogen) atoms. The van der Waals surface area contributed by atoms with Crippen LogP contribution >= 0.6 is 0 Å². The van der Waals surface area contributed by atoms with E-state index in [-0.39, 0.29) is 24.0 Å². The van der Waals surface area contributed by atoms with Crippen LogP contribution in [0.4, 0.5) is 4.79 Å². The van der Waals surface area contributed by atoms with E-state index < -0.39 is 10.0 Å². The Morgan fingerprint density at radius 2 is 1.82 bits per heavy atom. The van der Waals surface area contributed by atoms with Crippen molar-refractivity contribution >= 4 is 16.1 Å². The number of carbonyl (C=O) groups excluding carboxylic acids is 1. The van der Waals surface area contributed by atoms with Gasteiger partial charge in [-0.1, -0.05) is 18.2 Å². The van der Waals surface area contributed by atoms with Crippen molar-refractivity contribution in [2.75, 3.05) is 26.2 Å². The number of nitrogens with zero attached hydrogens (tertiary/aromatic N) is 1. The monoisotopic (exact) mass is 325 g/mol. The van der Waals surface area contributed by atoms with Crippen LogP contribution in [0.2, 0.25) is 0 Å². The van der Waals surface area contributed by atoms with Gasteiger partial charge < -0.3 is 10.2 Å². The molecular formula is C15H23N3O3S. The van der Waals surface area contributed by atoms with E-state index in [1.54, 1.807) is 36.1 Å². The number of amides is 2. The second kappa shape index (κ2) is 7.60. The third-order valence-corrected chi connectivity index (χ3v) is 5.34. The molecular weight excluding hydrogens is 302 g/mol. The zero-order valence-corrected chi connectivity index (χ0v) is 13.7. The largest absolute Gasteiger partial charge is 0.337 e. The lowest BCUT2D eigenvalue weighted by molar-refractivity contribution is 0.186. The van der Waals surface area contributed by atoms with Crippen LogP contribution in [0.25, 0.3) is 0 Å². The van der Waals surface area contributed by atoms with Crippen molar-refractivity contribution < 1.29 is 13.2 Å². The van der Waals surface area contributed by atoms with Gasteiger partial charge in [-0.05, 0) is 37.8 Å². The highest BCUT2D eigenvalue weighted by Gasteiger charge is 2.17. The molecule has 1 aromatic rings. The molecule has 0 radical (unpaired) electrons. The summed E-state index contributed by atoms with van der Waals surface area (Å²) in [7, 11) is -3.53. The highest BCUT2D eigenvalue weighted by Crippen LogP contribution is 2.13. The van der Waals surface area contributed by atoms with Crippen LogP contribution < -0.4 is 10.0 Å². The Morgan fingerprint density at radius 1 is 1.14 bits per heavy atom.